The summed E-state index contributed by atoms with van der Waals surface area (Å²) in [6.07, 6.45) is 1.53. The van der Waals surface area contributed by atoms with E-state index in [1.54, 1.807) is 11.6 Å². The SMILES string of the molecule is CCc1nc2c(c(=O)n(C3CCNC3)c(=O)n2C)n1C. The van der Waals surface area contributed by atoms with E-state index in [0.717, 1.165) is 25.2 Å². The van der Waals surface area contributed by atoms with E-state index < -0.39 is 0 Å². The van der Waals surface area contributed by atoms with E-state index in [1.165, 1.54) is 9.13 Å². The molecule has 20 heavy (non-hydrogen) atoms. The second-order valence-electron chi connectivity index (χ2n) is 5.28. The second kappa shape index (κ2) is 4.59. The van der Waals surface area contributed by atoms with Gasteiger partial charge in [-0.1, -0.05) is 6.92 Å². The lowest BCUT2D eigenvalue weighted by Crippen LogP contribution is -2.42. The van der Waals surface area contributed by atoms with Crippen molar-refractivity contribution in [2.45, 2.75) is 25.8 Å². The van der Waals surface area contributed by atoms with Crippen molar-refractivity contribution in [3.63, 3.8) is 0 Å². The summed E-state index contributed by atoms with van der Waals surface area (Å²) in [4.78, 5) is 29.6. The van der Waals surface area contributed by atoms with Crippen LogP contribution < -0.4 is 16.6 Å². The van der Waals surface area contributed by atoms with Crippen LogP contribution in [0.2, 0.25) is 0 Å². The van der Waals surface area contributed by atoms with Crippen molar-refractivity contribution in [1.29, 1.82) is 0 Å². The molecule has 0 bridgehead atoms. The Morgan fingerprint density at radius 2 is 2.05 bits per heavy atom. The monoisotopic (exact) mass is 277 g/mol. The van der Waals surface area contributed by atoms with Gasteiger partial charge in [-0.15, -0.1) is 0 Å². The van der Waals surface area contributed by atoms with Crippen molar-refractivity contribution in [2.75, 3.05) is 13.1 Å². The summed E-state index contributed by atoms with van der Waals surface area (Å²) in [7, 11) is 3.51. The number of fused-ring (bicyclic) bond motifs is 1. The van der Waals surface area contributed by atoms with Gasteiger partial charge in [-0.25, -0.2) is 9.78 Å². The number of aryl methyl sites for hydroxylation is 3. The van der Waals surface area contributed by atoms with Crippen molar-refractivity contribution in [3.8, 4) is 0 Å². The third-order valence-electron chi connectivity index (χ3n) is 4.12. The molecular formula is C13H19N5O2. The molecule has 1 aliphatic heterocycles. The molecule has 0 aromatic carbocycles. The number of hydrogen-bond acceptors (Lipinski definition) is 4. The molecule has 1 saturated heterocycles. The van der Waals surface area contributed by atoms with E-state index in [1.807, 2.05) is 14.0 Å². The Morgan fingerprint density at radius 3 is 2.65 bits per heavy atom. The normalized spacial score (nSPS) is 19.1. The Bertz CT molecular complexity index is 777. The molecule has 1 N–H and O–H groups in total. The van der Waals surface area contributed by atoms with Gasteiger partial charge in [-0.05, 0) is 13.0 Å². The van der Waals surface area contributed by atoms with Gasteiger partial charge in [0.05, 0.1) is 6.04 Å². The molecule has 2 aromatic heterocycles. The van der Waals surface area contributed by atoms with Crippen LogP contribution in [0.4, 0.5) is 0 Å². The van der Waals surface area contributed by atoms with Gasteiger partial charge < -0.3 is 9.88 Å². The van der Waals surface area contributed by atoms with Gasteiger partial charge in [-0.2, -0.15) is 0 Å². The van der Waals surface area contributed by atoms with E-state index in [-0.39, 0.29) is 17.3 Å². The molecule has 1 unspecified atom stereocenters. The van der Waals surface area contributed by atoms with Crippen molar-refractivity contribution in [3.05, 3.63) is 26.7 Å². The first-order valence-corrected chi connectivity index (χ1v) is 6.93. The molecule has 0 radical (unpaired) electrons. The first-order valence-electron chi connectivity index (χ1n) is 6.93. The Hall–Kier alpha value is -1.89. The van der Waals surface area contributed by atoms with Crippen molar-refractivity contribution in [1.82, 2.24) is 24.0 Å². The van der Waals surface area contributed by atoms with Crippen molar-refractivity contribution < 1.29 is 0 Å². The minimum Gasteiger partial charge on any atom is -0.325 e. The van der Waals surface area contributed by atoms with Gasteiger partial charge in [0, 0.05) is 27.1 Å². The van der Waals surface area contributed by atoms with Crippen LogP contribution in [-0.4, -0.2) is 31.8 Å². The summed E-state index contributed by atoms with van der Waals surface area (Å²) in [5, 5.41) is 3.19. The zero-order chi connectivity index (χ0) is 14.4. The Morgan fingerprint density at radius 1 is 1.30 bits per heavy atom. The highest BCUT2D eigenvalue weighted by atomic mass is 16.2. The number of aromatic nitrogens is 4. The highest BCUT2D eigenvalue weighted by molar-refractivity contribution is 5.70. The predicted octanol–water partition coefficient (Wildman–Crippen LogP) is -0.469. The summed E-state index contributed by atoms with van der Waals surface area (Å²) < 4.78 is 4.66. The maximum Gasteiger partial charge on any atom is 0.332 e. The Labute approximate surface area is 115 Å². The van der Waals surface area contributed by atoms with E-state index >= 15 is 0 Å². The summed E-state index contributed by atoms with van der Waals surface area (Å²) in [5.74, 6) is 0.814. The molecule has 2 aromatic rings. The van der Waals surface area contributed by atoms with Gasteiger partial charge in [0.25, 0.3) is 5.56 Å². The molecular weight excluding hydrogens is 258 g/mol. The van der Waals surface area contributed by atoms with Gasteiger partial charge in [0.2, 0.25) is 0 Å². The fraction of sp³-hybridized carbons (Fsp3) is 0.615. The van der Waals surface area contributed by atoms with E-state index in [4.69, 9.17) is 0 Å². The zero-order valence-electron chi connectivity index (χ0n) is 12.0. The van der Waals surface area contributed by atoms with Crippen LogP contribution in [0, 0.1) is 0 Å². The number of rotatable bonds is 2. The highest BCUT2D eigenvalue weighted by Crippen LogP contribution is 2.14. The van der Waals surface area contributed by atoms with Crippen LogP contribution in [0.25, 0.3) is 11.2 Å². The molecule has 0 saturated carbocycles. The summed E-state index contributed by atoms with van der Waals surface area (Å²) in [6.45, 7) is 3.49. The van der Waals surface area contributed by atoms with Crippen LogP contribution in [0.15, 0.2) is 9.59 Å². The fourth-order valence-electron chi connectivity index (χ4n) is 2.95. The molecule has 0 spiro atoms. The molecule has 0 amide bonds. The molecule has 3 rings (SSSR count). The second-order valence-corrected chi connectivity index (χ2v) is 5.28. The Kier molecular flexibility index (Phi) is 3.01. The van der Waals surface area contributed by atoms with Crippen molar-refractivity contribution >= 4 is 11.2 Å². The standard InChI is InChI=1S/C13H19N5O2/c1-4-9-15-11-10(16(9)2)12(19)18(13(20)17(11)3)8-5-6-14-7-8/h8,14H,4-7H2,1-3H3. The fourth-order valence-corrected chi connectivity index (χ4v) is 2.95. The molecule has 1 fully saturated rings. The zero-order valence-corrected chi connectivity index (χ0v) is 12.0. The lowest BCUT2D eigenvalue weighted by Gasteiger charge is -2.13. The maximum absolute atomic E-state index is 12.7. The van der Waals surface area contributed by atoms with Crippen molar-refractivity contribution in [2.24, 2.45) is 14.1 Å². The molecule has 1 aliphatic rings. The third kappa shape index (κ3) is 1.66. The molecule has 0 aliphatic carbocycles. The molecule has 108 valence electrons. The first-order chi connectivity index (χ1) is 9.56. The predicted molar refractivity (Wildman–Crippen MR) is 76.1 cm³/mol. The van der Waals surface area contributed by atoms with Gasteiger partial charge in [0.15, 0.2) is 11.2 Å². The molecule has 3 heterocycles. The number of nitrogens with zero attached hydrogens (tertiary/aromatic N) is 4. The maximum atomic E-state index is 12.7. The number of imidazole rings is 1. The minimum atomic E-state index is -0.281. The molecule has 1 atom stereocenters. The average Bonchev–Trinajstić information content (AvgIpc) is 3.04. The first kappa shape index (κ1) is 13.1. The third-order valence-corrected chi connectivity index (χ3v) is 4.12. The Balaban J connectivity index is 2.40. The number of nitrogens with one attached hydrogen (secondary N) is 1. The van der Waals surface area contributed by atoms with Crippen LogP contribution in [0.5, 0.6) is 0 Å². The van der Waals surface area contributed by atoms with Crippen LogP contribution in [0.1, 0.15) is 25.2 Å². The van der Waals surface area contributed by atoms with E-state index in [9.17, 15) is 9.59 Å². The molecule has 7 heteroatoms. The quantitative estimate of drug-likeness (QED) is 0.805. The topological polar surface area (TPSA) is 73.8 Å². The van der Waals surface area contributed by atoms with E-state index in [0.29, 0.717) is 17.7 Å². The lowest BCUT2D eigenvalue weighted by atomic mass is 10.2. The smallest absolute Gasteiger partial charge is 0.325 e. The van der Waals surface area contributed by atoms with E-state index in [2.05, 4.69) is 10.3 Å². The van der Waals surface area contributed by atoms with Gasteiger partial charge in [0.1, 0.15) is 5.82 Å². The average molecular weight is 277 g/mol. The van der Waals surface area contributed by atoms with Crippen LogP contribution in [-0.2, 0) is 20.5 Å². The minimum absolute atomic E-state index is 0.0643. The molecule has 7 nitrogen and oxygen atoms in total. The number of hydrogen-bond donors (Lipinski definition) is 1. The highest BCUT2D eigenvalue weighted by Gasteiger charge is 2.24. The summed E-state index contributed by atoms with van der Waals surface area (Å²) >= 11 is 0. The van der Waals surface area contributed by atoms with Crippen LogP contribution in [0.3, 0.4) is 0 Å². The van der Waals surface area contributed by atoms with Crippen LogP contribution >= 0.6 is 0 Å². The summed E-state index contributed by atoms with van der Waals surface area (Å²) in [6, 6.07) is -0.0643. The lowest BCUT2D eigenvalue weighted by molar-refractivity contribution is 0.491. The van der Waals surface area contributed by atoms with Gasteiger partial charge in [-0.3, -0.25) is 13.9 Å². The van der Waals surface area contributed by atoms with Gasteiger partial charge >= 0.3 is 5.69 Å². The largest absolute Gasteiger partial charge is 0.332 e. The summed E-state index contributed by atoms with van der Waals surface area (Å²) in [5.41, 5.74) is 0.473.